The fourth-order valence-corrected chi connectivity index (χ4v) is 11.2. The Labute approximate surface area is 332 Å². The molecule has 57 heavy (non-hydrogen) atoms. The monoisotopic (exact) mass is 822 g/mol. The van der Waals surface area contributed by atoms with E-state index in [-0.39, 0.29) is 64.9 Å². The first-order valence-electron chi connectivity index (χ1n) is 19.3. The molecule has 2 aliphatic carbocycles. The first kappa shape index (κ1) is 40.8. The van der Waals surface area contributed by atoms with E-state index < -0.39 is 53.2 Å². The highest BCUT2D eigenvalue weighted by molar-refractivity contribution is 7.86. The third kappa shape index (κ3) is 7.56. The molecule has 2 atom stereocenters. The molecule has 1 saturated heterocycles. The number of rotatable bonds is 10. The van der Waals surface area contributed by atoms with Crippen LogP contribution in [0.25, 0.3) is 11.6 Å². The summed E-state index contributed by atoms with van der Waals surface area (Å²) in [5.41, 5.74) is 1.53. The Bertz CT molecular complexity index is 2590. The van der Waals surface area contributed by atoms with Crippen LogP contribution in [0.3, 0.4) is 0 Å². The van der Waals surface area contributed by atoms with Gasteiger partial charge in [0.15, 0.2) is 11.5 Å². The average Bonchev–Trinajstić information content (AvgIpc) is 3.59. The van der Waals surface area contributed by atoms with Gasteiger partial charge in [-0.1, -0.05) is 47.6 Å². The fourth-order valence-electron chi connectivity index (χ4n) is 9.52. The largest absolute Gasteiger partial charge is 0.744 e. The summed E-state index contributed by atoms with van der Waals surface area (Å²) in [5.74, 6) is -2.16. The molecule has 2 aliphatic heterocycles. The van der Waals surface area contributed by atoms with Gasteiger partial charge in [-0.05, 0) is 95.2 Å². The Morgan fingerprint density at radius 1 is 0.912 bits per heavy atom. The lowest BCUT2D eigenvalue weighted by Gasteiger charge is -2.39. The molecule has 0 spiro atoms. The second kappa shape index (κ2) is 14.2. The minimum absolute atomic E-state index is 0.00263. The van der Waals surface area contributed by atoms with Crippen LogP contribution in [0.5, 0.6) is 11.5 Å². The van der Waals surface area contributed by atoms with E-state index in [1.807, 2.05) is 69.0 Å². The number of imide groups is 1. The maximum Gasteiger partial charge on any atom is 0.333 e. The lowest BCUT2D eigenvalue weighted by molar-refractivity contribution is -0.673. The Kier molecular flexibility index (Phi) is 10.1. The van der Waals surface area contributed by atoms with Crippen LogP contribution in [0.1, 0.15) is 133 Å². The number of hydroxylamine groups is 2. The van der Waals surface area contributed by atoms with Gasteiger partial charge >= 0.3 is 5.97 Å². The summed E-state index contributed by atoms with van der Waals surface area (Å²) in [6.45, 7) is 12.3. The van der Waals surface area contributed by atoms with Crippen molar-refractivity contribution in [1.29, 1.82) is 0 Å². The molecule has 1 aromatic heterocycles. The van der Waals surface area contributed by atoms with Crippen LogP contribution in [-0.4, -0.2) is 53.4 Å². The molecule has 3 heterocycles. The number of aryl methyl sites for hydroxylation is 2. The maximum absolute atomic E-state index is 13.4. The Hall–Kier alpha value is -4.38. The minimum Gasteiger partial charge on any atom is -0.744 e. The van der Waals surface area contributed by atoms with Crippen LogP contribution in [0.15, 0.2) is 34.3 Å². The quantitative estimate of drug-likeness (QED) is 0.0970. The van der Waals surface area contributed by atoms with Crippen molar-refractivity contribution in [3.8, 4) is 11.5 Å². The summed E-state index contributed by atoms with van der Waals surface area (Å²) in [6, 6.07) is 3.70. The van der Waals surface area contributed by atoms with Gasteiger partial charge in [0.1, 0.15) is 42.4 Å². The number of carbonyl (C=O) groups excluding carboxylic acids is 3. The first-order valence-corrected chi connectivity index (χ1v) is 22.1. The fraction of sp³-hybridized carbons (Fsp3) is 0.512. The molecular weight excluding hydrogens is 775 g/mol. The molecule has 306 valence electrons. The zero-order chi connectivity index (χ0) is 41.6. The predicted octanol–water partition coefficient (Wildman–Crippen LogP) is 4.03. The van der Waals surface area contributed by atoms with Crippen molar-refractivity contribution in [3.63, 3.8) is 0 Å². The van der Waals surface area contributed by atoms with Gasteiger partial charge in [0, 0.05) is 30.0 Å². The van der Waals surface area contributed by atoms with Crippen molar-refractivity contribution in [3.05, 3.63) is 63.0 Å². The molecule has 1 fully saturated rings. The Morgan fingerprint density at radius 2 is 1.56 bits per heavy atom. The molecule has 16 heteroatoms. The highest BCUT2D eigenvalue weighted by atomic mass is 32.2. The van der Waals surface area contributed by atoms with E-state index >= 15 is 0 Å². The van der Waals surface area contributed by atoms with Crippen molar-refractivity contribution in [1.82, 2.24) is 9.63 Å². The van der Waals surface area contributed by atoms with Gasteiger partial charge in [0.25, 0.3) is 17.6 Å². The Balaban J connectivity index is 1.41. The summed E-state index contributed by atoms with van der Waals surface area (Å²) in [5, 5.41) is 1.03. The number of nitrogens with zero attached hydrogens (tertiary/aromatic N) is 3. The summed E-state index contributed by atoms with van der Waals surface area (Å²) in [4.78, 5) is 40.0. The van der Waals surface area contributed by atoms with E-state index in [0.717, 1.165) is 6.42 Å². The number of fused-ring (bicyclic) bond motifs is 4. The molecule has 0 saturated carbocycles. The van der Waals surface area contributed by atoms with Crippen LogP contribution >= 0.6 is 0 Å². The smallest absolute Gasteiger partial charge is 0.333 e. The van der Waals surface area contributed by atoms with E-state index in [2.05, 4.69) is 0 Å². The van der Waals surface area contributed by atoms with Crippen molar-refractivity contribution < 1.29 is 54.5 Å². The van der Waals surface area contributed by atoms with Crippen LogP contribution in [0, 0.1) is 10.8 Å². The number of amides is 2. The van der Waals surface area contributed by atoms with E-state index in [1.54, 1.807) is 19.3 Å². The van der Waals surface area contributed by atoms with Crippen LogP contribution < -0.4 is 19.7 Å². The maximum atomic E-state index is 13.4. The number of aromatic nitrogens is 2. The number of imidazole rings is 1. The lowest BCUT2D eigenvalue weighted by atomic mass is 9.69. The zero-order valence-electron chi connectivity index (χ0n) is 33.3. The van der Waals surface area contributed by atoms with Gasteiger partial charge in [-0.25, -0.2) is 30.8 Å². The summed E-state index contributed by atoms with van der Waals surface area (Å²) in [7, 11) is -8.68. The molecule has 2 aromatic carbocycles. The van der Waals surface area contributed by atoms with Gasteiger partial charge in [0.2, 0.25) is 0 Å². The van der Waals surface area contributed by atoms with E-state index in [1.165, 1.54) is 0 Å². The average molecular weight is 823 g/mol. The molecule has 2 unspecified atom stereocenters. The summed E-state index contributed by atoms with van der Waals surface area (Å²) < 4.78 is 90.8. The van der Waals surface area contributed by atoms with E-state index in [0.29, 0.717) is 70.9 Å². The van der Waals surface area contributed by atoms with E-state index in [9.17, 15) is 40.3 Å². The van der Waals surface area contributed by atoms with Crippen LogP contribution in [0.2, 0.25) is 0 Å². The van der Waals surface area contributed by atoms with Crippen LogP contribution in [0.4, 0.5) is 0 Å². The first-order chi connectivity index (χ1) is 26.5. The number of hydrogen-bond donors (Lipinski definition) is 0. The molecular formula is C41H48N3O11S2-. The third-order valence-electron chi connectivity index (χ3n) is 11.6. The highest BCUT2D eigenvalue weighted by Crippen LogP contribution is 2.51. The summed E-state index contributed by atoms with van der Waals surface area (Å²) in [6.07, 6.45) is 8.55. The molecule has 3 aromatic rings. The Morgan fingerprint density at radius 3 is 2.21 bits per heavy atom. The van der Waals surface area contributed by atoms with Crippen LogP contribution in [-0.2, 0) is 59.5 Å². The van der Waals surface area contributed by atoms with Crippen molar-refractivity contribution in [2.45, 2.75) is 128 Å². The number of hydrogen-bond acceptors (Lipinski definition) is 11. The highest BCUT2D eigenvalue weighted by Gasteiger charge is 2.41. The molecule has 0 radical (unpaired) electrons. The minimum atomic E-state index is -5.25. The van der Waals surface area contributed by atoms with E-state index in [4.69, 9.17) is 9.57 Å². The lowest BCUT2D eigenvalue weighted by Crippen LogP contribution is -2.38. The number of carbonyl (C=O) groups is 3. The third-order valence-corrected chi connectivity index (χ3v) is 13.5. The second-order valence-corrected chi connectivity index (χ2v) is 20.2. The standard InChI is InChI=1S/C41H49N3O11S2/c1-23-19-40(3,4)21-29-25(23)17-27-34(39-42(7)15-16-43(39)14-10-8-9-11-33(47)55-44-31(45)12-13-32(44)46)28-18-26-24(2)20-41(5,6)22-30(26)38(57(51,52)53)36(28)54-35(27)37(29)56(48,49)50/h15-18,21,23-24H,8-14,19-20,22H2,1-7H3,(H-,48,49,50,51,52,53)/p-1. The van der Waals surface area contributed by atoms with Crippen molar-refractivity contribution >= 4 is 49.7 Å². The zero-order valence-corrected chi connectivity index (χ0v) is 34.9. The molecule has 4 aliphatic rings. The SMILES string of the molecule is CC1CC(C)(C)Cc2c1cc1c(c2S(=O)(=O)[O-])Oc2c(S(=O)(=O)[O-])c3c(cc2=C1c1n(CCCCCC(=O)ON2C(=O)CCC2=O)cc[n+]1C)C(C)CC(C)(C)C=3. The number of unbranched alkanes of at least 4 members (excludes halogenated alkanes) is 2. The normalized spacial score (nSPS) is 20.9. The molecule has 0 bridgehead atoms. The number of benzene rings is 2. The molecule has 0 N–H and O–H groups in total. The molecule has 7 rings (SSSR count). The molecule has 2 amide bonds. The van der Waals surface area contributed by atoms with Gasteiger partial charge in [0.05, 0.1) is 19.2 Å². The second-order valence-electron chi connectivity index (χ2n) is 17.6. The molecule has 14 nitrogen and oxygen atoms in total. The topological polar surface area (TPSA) is 196 Å². The van der Waals surface area contributed by atoms with Gasteiger partial charge in [-0.3, -0.25) is 9.59 Å². The van der Waals surface area contributed by atoms with Gasteiger partial charge in [-0.2, -0.15) is 0 Å². The number of ether oxygens (including phenoxy) is 1. The van der Waals surface area contributed by atoms with Crippen molar-refractivity contribution in [2.24, 2.45) is 17.9 Å². The summed E-state index contributed by atoms with van der Waals surface area (Å²) >= 11 is 0. The van der Waals surface area contributed by atoms with Gasteiger partial charge in [-0.15, -0.1) is 5.06 Å². The van der Waals surface area contributed by atoms with Crippen molar-refractivity contribution in [2.75, 3.05) is 0 Å². The predicted molar refractivity (Wildman–Crippen MR) is 203 cm³/mol. The van der Waals surface area contributed by atoms with Gasteiger partial charge < -0.3 is 18.7 Å².